The van der Waals surface area contributed by atoms with Gasteiger partial charge >= 0.3 is 5.97 Å². The molecule has 1 aliphatic rings. The number of aliphatic imine (C=N–C) groups is 1. The molecule has 3 unspecified atom stereocenters. The maximum Gasteiger partial charge on any atom is 0.350 e. The minimum atomic E-state index is -0.310. The number of esters is 1. The molecule has 0 radical (unpaired) electrons. The van der Waals surface area contributed by atoms with Crippen molar-refractivity contribution in [1.82, 2.24) is 20.5 Å². The zero-order chi connectivity index (χ0) is 21.4. The Morgan fingerprint density at radius 1 is 1.40 bits per heavy atom. The van der Waals surface area contributed by atoms with Crippen LogP contribution in [0.3, 0.4) is 0 Å². The molecule has 8 nitrogen and oxygen atoms in total. The van der Waals surface area contributed by atoms with Crippen LogP contribution in [-0.2, 0) is 9.47 Å². The number of nitrogens with one attached hydrogen (secondary N) is 2. The van der Waals surface area contributed by atoms with E-state index in [4.69, 9.17) is 9.47 Å². The van der Waals surface area contributed by atoms with Crippen molar-refractivity contribution < 1.29 is 14.3 Å². The normalized spacial score (nSPS) is 20.9. The first-order valence-corrected chi connectivity index (χ1v) is 11.1. The summed E-state index contributed by atoms with van der Waals surface area (Å²) < 4.78 is 10.9. The maximum absolute atomic E-state index is 12.0. The van der Waals surface area contributed by atoms with Crippen LogP contribution in [0, 0.1) is 6.92 Å². The van der Waals surface area contributed by atoms with Gasteiger partial charge in [0.05, 0.1) is 30.6 Å². The van der Waals surface area contributed by atoms with E-state index >= 15 is 0 Å². The fourth-order valence-electron chi connectivity index (χ4n) is 3.43. The van der Waals surface area contributed by atoms with Gasteiger partial charge in [0, 0.05) is 33.2 Å². The number of rotatable bonds is 8. The lowest BCUT2D eigenvalue weighted by atomic mass is 10.2. The molecule has 3 atom stereocenters. The second kappa shape index (κ2) is 13.4. The Hall–Kier alpha value is -0.980. The predicted molar refractivity (Wildman–Crippen MR) is 132 cm³/mol. The molecule has 0 bridgehead atoms. The lowest BCUT2D eigenvalue weighted by molar-refractivity contribution is -0.0679. The number of aryl methyl sites for hydroxylation is 1. The number of guanidine groups is 1. The van der Waals surface area contributed by atoms with E-state index in [2.05, 4.69) is 39.4 Å². The van der Waals surface area contributed by atoms with E-state index in [1.807, 2.05) is 13.8 Å². The van der Waals surface area contributed by atoms with Gasteiger partial charge in [-0.15, -0.1) is 35.3 Å². The molecule has 2 rings (SSSR count). The number of carbonyl (C=O) groups is 1. The summed E-state index contributed by atoms with van der Waals surface area (Å²) in [5.74, 6) is 0.418. The summed E-state index contributed by atoms with van der Waals surface area (Å²) in [4.78, 5) is 23.8. The van der Waals surface area contributed by atoms with Gasteiger partial charge in [0.15, 0.2) is 5.96 Å². The Bertz CT molecular complexity index is 690. The summed E-state index contributed by atoms with van der Waals surface area (Å²) in [5, 5.41) is 7.55. The van der Waals surface area contributed by atoms with Gasteiger partial charge in [-0.3, -0.25) is 9.89 Å². The third-order valence-corrected chi connectivity index (χ3v) is 5.98. The fourth-order valence-corrected chi connectivity index (χ4v) is 4.39. The maximum atomic E-state index is 12.0. The second-order valence-electron chi connectivity index (χ2n) is 7.42. The molecule has 1 saturated heterocycles. The van der Waals surface area contributed by atoms with Gasteiger partial charge in [0.2, 0.25) is 0 Å². The summed E-state index contributed by atoms with van der Waals surface area (Å²) in [6.45, 7) is 14.1. The van der Waals surface area contributed by atoms with Gasteiger partial charge in [-0.25, -0.2) is 9.78 Å². The molecular weight excluding hydrogens is 517 g/mol. The molecule has 0 saturated carbocycles. The monoisotopic (exact) mass is 553 g/mol. The number of hydrogen-bond donors (Lipinski definition) is 2. The summed E-state index contributed by atoms with van der Waals surface area (Å²) in [5.41, 5.74) is 0.703. The standard InChI is InChI=1S/C20H35N5O3S.HI/c1-7-27-19(26)17-15(4)23-18(29-17)16(5)24-20(21-6)22-9-8-10-25-11-13(2)28-14(3)12-25;/h13-14,16H,7-12H2,1-6H3,(H2,21,22,24);1H. The highest BCUT2D eigenvalue weighted by molar-refractivity contribution is 14.0. The largest absolute Gasteiger partial charge is 0.462 e. The average molecular weight is 554 g/mol. The molecule has 10 heteroatoms. The van der Waals surface area contributed by atoms with Crippen LogP contribution in [0.25, 0.3) is 0 Å². The summed E-state index contributed by atoms with van der Waals surface area (Å²) in [6.07, 6.45) is 1.62. The molecule has 0 aromatic carbocycles. The van der Waals surface area contributed by atoms with Crippen molar-refractivity contribution in [1.29, 1.82) is 0 Å². The SMILES string of the molecule is CCOC(=O)c1sc(C(C)NC(=NC)NCCCN2CC(C)OC(C)C2)nc1C.I. The van der Waals surface area contributed by atoms with Crippen LogP contribution in [0.5, 0.6) is 0 Å². The highest BCUT2D eigenvalue weighted by Crippen LogP contribution is 2.24. The van der Waals surface area contributed by atoms with Crippen molar-refractivity contribution in [3.8, 4) is 0 Å². The van der Waals surface area contributed by atoms with Gasteiger partial charge < -0.3 is 20.1 Å². The number of thiazole rings is 1. The topological polar surface area (TPSA) is 88.1 Å². The van der Waals surface area contributed by atoms with E-state index < -0.39 is 0 Å². The van der Waals surface area contributed by atoms with Crippen molar-refractivity contribution in [2.24, 2.45) is 4.99 Å². The molecule has 2 heterocycles. The number of hydrogen-bond acceptors (Lipinski definition) is 7. The molecular formula is C20H36IN5O3S. The summed E-state index contributed by atoms with van der Waals surface area (Å²) in [6, 6.07) is -0.0611. The van der Waals surface area contributed by atoms with Crippen LogP contribution in [0.1, 0.15) is 60.5 Å². The van der Waals surface area contributed by atoms with Crippen LogP contribution in [-0.4, -0.2) is 73.9 Å². The molecule has 0 spiro atoms. The van der Waals surface area contributed by atoms with Crippen molar-refractivity contribution >= 4 is 47.2 Å². The van der Waals surface area contributed by atoms with E-state index in [0.29, 0.717) is 29.4 Å². The Labute approximate surface area is 201 Å². The Balaban J connectivity index is 0.00000450. The number of aromatic nitrogens is 1. The highest BCUT2D eigenvalue weighted by Gasteiger charge is 2.22. The first kappa shape index (κ1) is 27.1. The minimum absolute atomic E-state index is 0. The van der Waals surface area contributed by atoms with E-state index in [-0.39, 0.29) is 36.0 Å². The van der Waals surface area contributed by atoms with Crippen LogP contribution in [0.2, 0.25) is 0 Å². The summed E-state index contributed by atoms with van der Waals surface area (Å²) in [7, 11) is 1.75. The number of ether oxygens (including phenoxy) is 2. The van der Waals surface area contributed by atoms with E-state index in [0.717, 1.165) is 43.6 Å². The van der Waals surface area contributed by atoms with E-state index in [9.17, 15) is 4.79 Å². The van der Waals surface area contributed by atoms with Crippen molar-refractivity contribution in [2.75, 3.05) is 39.8 Å². The summed E-state index contributed by atoms with van der Waals surface area (Å²) >= 11 is 1.37. The second-order valence-corrected chi connectivity index (χ2v) is 8.45. The number of nitrogens with zero attached hydrogens (tertiary/aromatic N) is 3. The molecule has 1 aromatic heterocycles. The lowest BCUT2D eigenvalue weighted by Crippen LogP contribution is -2.46. The van der Waals surface area contributed by atoms with Gasteiger partial charge in [0.25, 0.3) is 0 Å². The Kier molecular flexibility index (Phi) is 12.1. The number of morpholine rings is 1. The van der Waals surface area contributed by atoms with Crippen LogP contribution in [0.15, 0.2) is 4.99 Å². The van der Waals surface area contributed by atoms with Crippen molar-refractivity contribution in [3.05, 3.63) is 15.6 Å². The van der Waals surface area contributed by atoms with Crippen LogP contribution in [0.4, 0.5) is 0 Å². The molecule has 30 heavy (non-hydrogen) atoms. The van der Waals surface area contributed by atoms with E-state index in [1.165, 1.54) is 11.3 Å². The number of halogens is 1. The molecule has 0 aliphatic carbocycles. The minimum Gasteiger partial charge on any atom is -0.462 e. The first-order valence-electron chi connectivity index (χ1n) is 10.3. The first-order chi connectivity index (χ1) is 13.8. The van der Waals surface area contributed by atoms with Crippen molar-refractivity contribution in [3.63, 3.8) is 0 Å². The Morgan fingerprint density at radius 2 is 2.07 bits per heavy atom. The molecule has 0 amide bonds. The predicted octanol–water partition coefficient (Wildman–Crippen LogP) is 2.97. The quantitative estimate of drug-likeness (QED) is 0.168. The zero-order valence-corrected chi connectivity index (χ0v) is 22.0. The zero-order valence-electron chi connectivity index (χ0n) is 18.9. The molecule has 1 aliphatic heterocycles. The van der Waals surface area contributed by atoms with Crippen LogP contribution >= 0.6 is 35.3 Å². The molecule has 2 N–H and O–H groups in total. The molecule has 1 fully saturated rings. The number of carbonyl (C=O) groups excluding carboxylic acids is 1. The highest BCUT2D eigenvalue weighted by atomic mass is 127. The van der Waals surface area contributed by atoms with Gasteiger partial charge in [-0.1, -0.05) is 0 Å². The van der Waals surface area contributed by atoms with Crippen molar-refractivity contribution in [2.45, 2.75) is 59.3 Å². The average Bonchev–Trinajstić information content (AvgIpc) is 3.05. The Morgan fingerprint density at radius 3 is 2.67 bits per heavy atom. The smallest absolute Gasteiger partial charge is 0.350 e. The fraction of sp³-hybridized carbons (Fsp3) is 0.750. The van der Waals surface area contributed by atoms with E-state index in [1.54, 1.807) is 14.0 Å². The molecule has 1 aromatic rings. The van der Waals surface area contributed by atoms with Gasteiger partial charge in [-0.2, -0.15) is 0 Å². The van der Waals surface area contributed by atoms with Crippen LogP contribution < -0.4 is 10.6 Å². The lowest BCUT2D eigenvalue weighted by Gasteiger charge is -2.35. The van der Waals surface area contributed by atoms with Gasteiger partial charge in [-0.05, 0) is 41.0 Å². The van der Waals surface area contributed by atoms with Gasteiger partial charge in [0.1, 0.15) is 9.88 Å². The third kappa shape index (κ3) is 8.27. The third-order valence-electron chi connectivity index (χ3n) is 4.66. The molecule has 172 valence electrons.